The van der Waals surface area contributed by atoms with Gasteiger partial charge in [-0.15, -0.1) is 0 Å². The molecule has 1 N–H and O–H groups in total. The lowest BCUT2D eigenvalue weighted by atomic mass is 9.89. The second-order valence-corrected chi connectivity index (χ2v) is 6.30. The van der Waals surface area contributed by atoms with E-state index in [1.54, 1.807) is 6.07 Å². The summed E-state index contributed by atoms with van der Waals surface area (Å²) in [6.07, 6.45) is 0. The van der Waals surface area contributed by atoms with Gasteiger partial charge in [0.1, 0.15) is 5.82 Å². The van der Waals surface area contributed by atoms with E-state index in [0.717, 1.165) is 5.56 Å². The number of aliphatic carboxylic acids is 1. The van der Waals surface area contributed by atoms with E-state index in [-0.39, 0.29) is 5.92 Å². The Hall–Kier alpha value is -1.91. The van der Waals surface area contributed by atoms with E-state index in [2.05, 4.69) is 4.90 Å². The molecule has 2 aromatic rings. The maximum Gasteiger partial charge on any atom is 0.308 e. The highest BCUT2D eigenvalue weighted by Gasteiger charge is 2.39. The van der Waals surface area contributed by atoms with Crippen LogP contribution in [0.5, 0.6) is 0 Å². The molecule has 0 radical (unpaired) electrons. The van der Waals surface area contributed by atoms with Crippen LogP contribution in [0, 0.1) is 11.7 Å². The smallest absolute Gasteiger partial charge is 0.308 e. The number of carboxylic acids is 1. The van der Waals surface area contributed by atoms with Gasteiger partial charge < -0.3 is 5.11 Å². The van der Waals surface area contributed by atoms with Gasteiger partial charge in [-0.1, -0.05) is 48.0 Å². The molecular weight excluding hydrogens is 317 g/mol. The predicted molar refractivity (Wildman–Crippen MR) is 87.0 cm³/mol. The van der Waals surface area contributed by atoms with E-state index >= 15 is 0 Å². The van der Waals surface area contributed by atoms with E-state index < -0.39 is 17.7 Å². The van der Waals surface area contributed by atoms with Crippen LogP contribution in [0.1, 0.15) is 17.0 Å². The molecule has 0 aromatic heterocycles. The van der Waals surface area contributed by atoms with Crippen molar-refractivity contribution in [1.82, 2.24) is 4.90 Å². The molecule has 1 aliphatic heterocycles. The number of halogens is 2. The quantitative estimate of drug-likeness (QED) is 0.925. The first-order valence-corrected chi connectivity index (χ1v) is 7.86. The fraction of sp³-hybridized carbons (Fsp3) is 0.278. The molecule has 0 saturated carbocycles. The minimum atomic E-state index is -0.842. The van der Waals surface area contributed by atoms with Crippen molar-refractivity contribution < 1.29 is 14.3 Å². The number of carbonyl (C=O) groups is 1. The summed E-state index contributed by atoms with van der Waals surface area (Å²) in [6, 6.07) is 14.1. The maximum atomic E-state index is 13.2. The van der Waals surface area contributed by atoms with Crippen molar-refractivity contribution in [3.8, 4) is 0 Å². The van der Waals surface area contributed by atoms with Crippen LogP contribution in [-0.4, -0.2) is 29.1 Å². The van der Waals surface area contributed by atoms with Gasteiger partial charge in [0, 0.05) is 30.6 Å². The van der Waals surface area contributed by atoms with Gasteiger partial charge in [-0.3, -0.25) is 9.69 Å². The molecule has 1 fully saturated rings. The van der Waals surface area contributed by atoms with E-state index in [0.29, 0.717) is 30.2 Å². The number of carboxylic acid groups (broad SMARTS) is 1. The summed E-state index contributed by atoms with van der Waals surface area (Å²) >= 11 is 6.14. The average Bonchev–Trinajstić information content (AvgIpc) is 2.92. The molecule has 1 heterocycles. The van der Waals surface area contributed by atoms with Gasteiger partial charge in [0.2, 0.25) is 0 Å². The number of hydrogen-bond acceptors (Lipinski definition) is 2. The first kappa shape index (κ1) is 16.0. The van der Waals surface area contributed by atoms with Gasteiger partial charge >= 0.3 is 5.97 Å². The number of nitrogens with zero attached hydrogens (tertiary/aromatic N) is 1. The van der Waals surface area contributed by atoms with Crippen molar-refractivity contribution in [2.45, 2.75) is 12.5 Å². The molecule has 23 heavy (non-hydrogen) atoms. The first-order chi connectivity index (χ1) is 11.0. The summed E-state index contributed by atoms with van der Waals surface area (Å²) in [5, 5.41) is 9.82. The van der Waals surface area contributed by atoms with Gasteiger partial charge in [0.25, 0.3) is 0 Å². The number of likely N-dealkylation sites (tertiary alicyclic amines) is 1. The zero-order chi connectivity index (χ0) is 16.4. The Kier molecular flexibility index (Phi) is 4.64. The summed E-state index contributed by atoms with van der Waals surface area (Å²) in [5.41, 5.74) is 1.85. The normalized spacial score (nSPS) is 21.5. The average molecular weight is 334 g/mol. The monoisotopic (exact) mass is 333 g/mol. The fourth-order valence-electron chi connectivity index (χ4n) is 3.22. The molecule has 2 atom stereocenters. The third kappa shape index (κ3) is 3.54. The fourth-order valence-corrected chi connectivity index (χ4v) is 3.53. The van der Waals surface area contributed by atoms with Crippen molar-refractivity contribution in [1.29, 1.82) is 0 Å². The van der Waals surface area contributed by atoms with E-state index in [9.17, 15) is 14.3 Å². The highest BCUT2D eigenvalue weighted by Crippen LogP contribution is 2.37. The van der Waals surface area contributed by atoms with Crippen LogP contribution >= 0.6 is 11.6 Å². The van der Waals surface area contributed by atoms with Crippen LogP contribution in [0.2, 0.25) is 5.02 Å². The summed E-state index contributed by atoms with van der Waals surface area (Å²) in [4.78, 5) is 13.7. The van der Waals surface area contributed by atoms with Crippen LogP contribution in [0.3, 0.4) is 0 Å². The predicted octanol–water partition coefficient (Wildman–Crippen LogP) is 3.78. The minimum absolute atomic E-state index is 0.232. The number of rotatable bonds is 4. The topological polar surface area (TPSA) is 40.5 Å². The van der Waals surface area contributed by atoms with Gasteiger partial charge in [-0.25, -0.2) is 4.39 Å². The zero-order valence-corrected chi connectivity index (χ0v) is 13.2. The molecule has 3 rings (SSSR count). The largest absolute Gasteiger partial charge is 0.481 e. The first-order valence-electron chi connectivity index (χ1n) is 7.48. The summed E-state index contributed by atoms with van der Waals surface area (Å²) < 4.78 is 13.2. The van der Waals surface area contributed by atoms with Crippen LogP contribution < -0.4 is 0 Å². The van der Waals surface area contributed by atoms with E-state index in [1.165, 1.54) is 12.1 Å². The number of benzene rings is 2. The SMILES string of the molecule is O=C(O)C1CN(Cc2ccccc2)CC1c1ccc(F)cc1Cl. The number of hydrogen-bond donors (Lipinski definition) is 1. The molecule has 2 aromatic carbocycles. The highest BCUT2D eigenvalue weighted by molar-refractivity contribution is 6.31. The molecule has 1 saturated heterocycles. The standard InChI is InChI=1S/C18H17ClFNO2/c19-17-8-13(20)6-7-14(17)15-10-21(11-16(15)18(22)23)9-12-4-2-1-3-5-12/h1-8,15-16H,9-11H2,(H,22,23). The van der Waals surface area contributed by atoms with Crippen LogP contribution in [0.25, 0.3) is 0 Å². The lowest BCUT2D eigenvalue weighted by Gasteiger charge is -2.17. The van der Waals surface area contributed by atoms with Crippen LogP contribution in [-0.2, 0) is 11.3 Å². The maximum absolute atomic E-state index is 13.2. The molecule has 0 bridgehead atoms. The van der Waals surface area contributed by atoms with Gasteiger partial charge in [-0.05, 0) is 23.3 Å². The Balaban J connectivity index is 1.83. The molecule has 0 aliphatic carbocycles. The van der Waals surface area contributed by atoms with E-state index in [1.807, 2.05) is 30.3 Å². The van der Waals surface area contributed by atoms with Crippen molar-refractivity contribution in [2.75, 3.05) is 13.1 Å². The summed E-state index contributed by atoms with van der Waals surface area (Å²) in [5.74, 6) is -2.03. The third-order valence-corrected chi connectivity index (χ3v) is 4.65. The highest BCUT2D eigenvalue weighted by atomic mass is 35.5. The molecule has 0 spiro atoms. The second-order valence-electron chi connectivity index (χ2n) is 5.90. The Labute approximate surface area is 139 Å². The molecule has 5 heteroatoms. The van der Waals surface area contributed by atoms with Crippen LogP contribution in [0.4, 0.5) is 4.39 Å². The minimum Gasteiger partial charge on any atom is -0.481 e. The van der Waals surface area contributed by atoms with Gasteiger partial charge in [0.05, 0.1) is 5.92 Å². The Morgan fingerprint density at radius 3 is 2.61 bits per heavy atom. The molecule has 120 valence electrons. The van der Waals surface area contributed by atoms with Crippen molar-refractivity contribution in [2.24, 2.45) is 5.92 Å². The van der Waals surface area contributed by atoms with E-state index in [4.69, 9.17) is 11.6 Å². The molecule has 0 amide bonds. The Morgan fingerprint density at radius 1 is 1.22 bits per heavy atom. The molecule has 3 nitrogen and oxygen atoms in total. The summed E-state index contributed by atoms with van der Waals surface area (Å²) in [6.45, 7) is 1.75. The van der Waals surface area contributed by atoms with Gasteiger partial charge in [-0.2, -0.15) is 0 Å². The Bertz CT molecular complexity index is 707. The second kappa shape index (κ2) is 6.69. The molecule has 1 aliphatic rings. The lowest BCUT2D eigenvalue weighted by molar-refractivity contribution is -0.141. The van der Waals surface area contributed by atoms with Gasteiger partial charge in [0.15, 0.2) is 0 Å². The lowest BCUT2D eigenvalue weighted by Crippen LogP contribution is -2.23. The molecule has 2 unspecified atom stereocenters. The Morgan fingerprint density at radius 2 is 1.96 bits per heavy atom. The van der Waals surface area contributed by atoms with Crippen LogP contribution in [0.15, 0.2) is 48.5 Å². The van der Waals surface area contributed by atoms with Crippen molar-refractivity contribution >= 4 is 17.6 Å². The molecular formula is C18H17ClFNO2. The zero-order valence-electron chi connectivity index (χ0n) is 12.5. The van der Waals surface area contributed by atoms with Crippen molar-refractivity contribution in [3.63, 3.8) is 0 Å². The third-order valence-electron chi connectivity index (χ3n) is 4.32. The van der Waals surface area contributed by atoms with Crippen molar-refractivity contribution in [3.05, 3.63) is 70.5 Å². The summed E-state index contributed by atoms with van der Waals surface area (Å²) in [7, 11) is 0.